The van der Waals surface area contributed by atoms with Gasteiger partial charge in [0.05, 0.1) is 13.7 Å². The maximum absolute atomic E-state index is 12.4. The van der Waals surface area contributed by atoms with E-state index in [-0.39, 0.29) is 18.4 Å². The molecule has 1 atom stereocenters. The second-order valence-corrected chi connectivity index (χ2v) is 5.21. The van der Waals surface area contributed by atoms with Gasteiger partial charge in [0.25, 0.3) is 0 Å². The van der Waals surface area contributed by atoms with Crippen molar-refractivity contribution in [3.63, 3.8) is 0 Å². The zero-order valence-electron chi connectivity index (χ0n) is 12.7. The molecule has 0 saturated carbocycles. The lowest BCUT2D eigenvalue weighted by molar-refractivity contribution is -0.152. The molecule has 1 N–H and O–H groups in total. The van der Waals surface area contributed by atoms with Crippen molar-refractivity contribution in [3.05, 3.63) is 29.8 Å². The highest BCUT2D eigenvalue weighted by Crippen LogP contribution is 2.27. The van der Waals surface area contributed by atoms with Crippen LogP contribution in [-0.4, -0.2) is 31.8 Å². The molecule has 1 unspecified atom stereocenters. The van der Waals surface area contributed by atoms with Gasteiger partial charge >= 0.3 is 5.97 Å². The summed E-state index contributed by atoms with van der Waals surface area (Å²) in [5.74, 6) is 0.680. The molecule has 1 heterocycles. The first kappa shape index (κ1) is 17.8. The Hall–Kier alpha value is -1.26. The summed E-state index contributed by atoms with van der Waals surface area (Å²) in [7, 11) is 1.65. The SMILES string of the molecule is CCOC(=O)C1(Cc2cccc(OC)c2)CCCCN1.Cl. The molecule has 1 saturated heterocycles. The van der Waals surface area contributed by atoms with Gasteiger partial charge in [0, 0.05) is 6.42 Å². The lowest BCUT2D eigenvalue weighted by atomic mass is 9.83. The summed E-state index contributed by atoms with van der Waals surface area (Å²) < 4.78 is 10.5. The van der Waals surface area contributed by atoms with Gasteiger partial charge in [0.15, 0.2) is 0 Å². The molecular weight excluding hydrogens is 290 g/mol. The molecule has 118 valence electrons. The fourth-order valence-electron chi connectivity index (χ4n) is 2.77. The molecular formula is C16H24ClNO3. The average Bonchev–Trinajstić information content (AvgIpc) is 2.48. The van der Waals surface area contributed by atoms with Crippen LogP contribution in [0.5, 0.6) is 5.75 Å². The van der Waals surface area contributed by atoms with Gasteiger partial charge in [0.1, 0.15) is 11.3 Å². The topological polar surface area (TPSA) is 47.6 Å². The van der Waals surface area contributed by atoms with E-state index in [1.807, 2.05) is 31.2 Å². The van der Waals surface area contributed by atoms with Gasteiger partial charge in [-0.3, -0.25) is 4.79 Å². The van der Waals surface area contributed by atoms with E-state index in [2.05, 4.69) is 5.32 Å². The molecule has 21 heavy (non-hydrogen) atoms. The van der Waals surface area contributed by atoms with E-state index in [0.717, 1.165) is 37.1 Å². The molecule has 1 aliphatic rings. The smallest absolute Gasteiger partial charge is 0.326 e. The number of rotatable bonds is 5. The molecule has 0 amide bonds. The van der Waals surface area contributed by atoms with Crippen LogP contribution in [0.15, 0.2) is 24.3 Å². The Labute approximate surface area is 132 Å². The standard InChI is InChI=1S/C16H23NO3.ClH/c1-3-20-15(18)16(9-4-5-10-17-16)12-13-7-6-8-14(11-13)19-2;/h6-8,11,17H,3-5,9-10,12H2,1-2H3;1H. The first-order valence-corrected chi connectivity index (χ1v) is 7.25. The Bertz CT molecular complexity index is 459. The summed E-state index contributed by atoms with van der Waals surface area (Å²) in [5, 5.41) is 3.39. The first-order valence-electron chi connectivity index (χ1n) is 7.25. The normalized spacial score (nSPS) is 21.2. The van der Waals surface area contributed by atoms with Crippen LogP contribution >= 0.6 is 12.4 Å². The lowest BCUT2D eigenvalue weighted by Crippen LogP contribution is -2.57. The number of halogens is 1. The molecule has 0 bridgehead atoms. The predicted molar refractivity (Wildman–Crippen MR) is 85.2 cm³/mol. The highest BCUT2D eigenvalue weighted by molar-refractivity contribution is 5.85. The summed E-state index contributed by atoms with van der Waals surface area (Å²) in [6, 6.07) is 7.88. The number of benzene rings is 1. The highest BCUT2D eigenvalue weighted by atomic mass is 35.5. The van der Waals surface area contributed by atoms with Crippen LogP contribution in [0.2, 0.25) is 0 Å². The number of piperidine rings is 1. The molecule has 2 rings (SSSR count). The van der Waals surface area contributed by atoms with Crippen molar-refractivity contribution in [1.82, 2.24) is 5.32 Å². The van der Waals surface area contributed by atoms with Gasteiger partial charge < -0.3 is 14.8 Å². The maximum atomic E-state index is 12.4. The van der Waals surface area contributed by atoms with Crippen molar-refractivity contribution < 1.29 is 14.3 Å². The number of carbonyl (C=O) groups excluding carboxylic acids is 1. The van der Waals surface area contributed by atoms with Gasteiger partial charge in [-0.15, -0.1) is 12.4 Å². The predicted octanol–water partition coefficient (Wildman–Crippen LogP) is 2.73. The van der Waals surface area contributed by atoms with Gasteiger partial charge in [-0.25, -0.2) is 0 Å². The van der Waals surface area contributed by atoms with Crippen molar-refractivity contribution in [2.24, 2.45) is 0 Å². The lowest BCUT2D eigenvalue weighted by Gasteiger charge is -2.36. The Morgan fingerprint density at radius 2 is 2.19 bits per heavy atom. The van der Waals surface area contributed by atoms with Crippen molar-refractivity contribution in [2.45, 2.75) is 38.1 Å². The van der Waals surface area contributed by atoms with Gasteiger partial charge in [-0.1, -0.05) is 12.1 Å². The van der Waals surface area contributed by atoms with E-state index in [1.165, 1.54) is 0 Å². The van der Waals surface area contributed by atoms with Crippen LogP contribution in [0.4, 0.5) is 0 Å². The van der Waals surface area contributed by atoms with E-state index >= 15 is 0 Å². The van der Waals surface area contributed by atoms with Gasteiger partial charge in [0.2, 0.25) is 0 Å². The third-order valence-electron chi connectivity index (χ3n) is 3.80. The second-order valence-electron chi connectivity index (χ2n) is 5.21. The minimum absolute atomic E-state index is 0. The molecule has 0 spiro atoms. The molecule has 1 fully saturated rings. The molecule has 1 aliphatic heterocycles. The quantitative estimate of drug-likeness (QED) is 0.849. The van der Waals surface area contributed by atoms with Crippen LogP contribution < -0.4 is 10.1 Å². The Kier molecular flexibility index (Phi) is 6.99. The van der Waals surface area contributed by atoms with Crippen LogP contribution in [0.1, 0.15) is 31.7 Å². The molecule has 1 aromatic rings. The van der Waals surface area contributed by atoms with Gasteiger partial charge in [-0.05, 0) is 50.4 Å². The monoisotopic (exact) mass is 313 g/mol. The minimum Gasteiger partial charge on any atom is -0.497 e. The first-order chi connectivity index (χ1) is 9.70. The molecule has 1 aromatic carbocycles. The highest BCUT2D eigenvalue weighted by Gasteiger charge is 2.40. The third kappa shape index (κ3) is 4.35. The number of hydrogen-bond acceptors (Lipinski definition) is 4. The zero-order valence-corrected chi connectivity index (χ0v) is 13.5. The fraction of sp³-hybridized carbons (Fsp3) is 0.562. The van der Waals surface area contributed by atoms with Crippen molar-refractivity contribution in [1.29, 1.82) is 0 Å². The second kappa shape index (κ2) is 8.25. The molecule has 5 heteroatoms. The van der Waals surface area contributed by atoms with E-state index in [1.54, 1.807) is 7.11 Å². The summed E-state index contributed by atoms with van der Waals surface area (Å²) in [6.45, 7) is 3.13. The zero-order chi connectivity index (χ0) is 14.4. The summed E-state index contributed by atoms with van der Waals surface area (Å²) >= 11 is 0. The number of esters is 1. The molecule has 0 radical (unpaired) electrons. The summed E-state index contributed by atoms with van der Waals surface area (Å²) in [5.41, 5.74) is 0.507. The van der Waals surface area contributed by atoms with Crippen molar-refractivity contribution >= 4 is 18.4 Å². The number of carbonyl (C=O) groups is 1. The largest absolute Gasteiger partial charge is 0.497 e. The number of methoxy groups -OCH3 is 1. The minimum atomic E-state index is -0.583. The van der Waals surface area contributed by atoms with Crippen LogP contribution in [0, 0.1) is 0 Å². The molecule has 4 nitrogen and oxygen atoms in total. The molecule has 0 aliphatic carbocycles. The fourth-order valence-corrected chi connectivity index (χ4v) is 2.77. The number of ether oxygens (including phenoxy) is 2. The summed E-state index contributed by atoms with van der Waals surface area (Å²) in [4.78, 5) is 12.4. The van der Waals surface area contributed by atoms with Crippen LogP contribution in [-0.2, 0) is 16.0 Å². The summed E-state index contributed by atoms with van der Waals surface area (Å²) in [6.07, 6.45) is 3.63. The molecule has 0 aromatic heterocycles. The van der Waals surface area contributed by atoms with E-state index in [0.29, 0.717) is 13.0 Å². The van der Waals surface area contributed by atoms with Crippen LogP contribution in [0.3, 0.4) is 0 Å². The number of hydrogen-bond donors (Lipinski definition) is 1. The van der Waals surface area contributed by atoms with E-state index < -0.39 is 5.54 Å². The van der Waals surface area contributed by atoms with Crippen LogP contribution in [0.25, 0.3) is 0 Å². The van der Waals surface area contributed by atoms with E-state index in [9.17, 15) is 4.79 Å². The van der Waals surface area contributed by atoms with E-state index in [4.69, 9.17) is 9.47 Å². The third-order valence-corrected chi connectivity index (χ3v) is 3.80. The van der Waals surface area contributed by atoms with Gasteiger partial charge in [-0.2, -0.15) is 0 Å². The Balaban J connectivity index is 0.00000220. The Morgan fingerprint density at radius 3 is 2.81 bits per heavy atom. The number of nitrogens with one attached hydrogen (secondary N) is 1. The average molecular weight is 314 g/mol. The Morgan fingerprint density at radius 1 is 1.38 bits per heavy atom. The maximum Gasteiger partial charge on any atom is 0.326 e. The van der Waals surface area contributed by atoms with Crippen molar-refractivity contribution in [2.75, 3.05) is 20.3 Å². The van der Waals surface area contributed by atoms with Crippen molar-refractivity contribution in [3.8, 4) is 5.75 Å².